The van der Waals surface area contributed by atoms with Gasteiger partial charge in [-0.05, 0) is 77.2 Å². The zero-order valence-corrected chi connectivity index (χ0v) is 28.3. The number of aliphatic hydroxyl groups excluding tert-OH is 1. The molecule has 2 atom stereocenters. The van der Waals surface area contributed by atoms with Crippen LogP contribution in [0.5, 0.6) is 11.5 Å². The van der Waals surface area contributed by atoms with Crippen LogP contribution in [0.15, 0.2) is 101 Å². The summed E-state index contributed by atoms with van der Waals surface area (Å²) in [6.07, 6.45) is 0.263. The Balaban J connectivity index is 1.53. The third-order valence-electron chi connectivity index (χ3n) is 8.06. The number of methoxy groups -OCH3 is 1. The minimum atomic E-state index is -1.57. The number of rotatable bonds is 16. The SMILES string of the molecule is COc1ccc(CCNNC(=O)[C@@]2(Cc3ccccc3CN=[N+]=[N-])N=C(c3ccc(OCCCO)cc3)O[C@H]2c2ccc(Cl)cc2Cl)cc1. The lowest BCUT2D eigenvalue weighted by atomic mass is 9.81. The van der Waals surface area contributed by atoms with Gasteiger partial charge in [-0.2, -0.15) is 0 Å². The summed E-state index contributed by atoms with van der Waals surface area (Å²) in [4.78, 5) is 22.5. The highest BCUT2D eigenvalue weighted by Crippen LogP contribution is 2.45. The third kappa shape index (κ3) is 8.83. The van der Waals surface area contributed by atoms with Gasteiger partial charge in [-0.15, -0.1) is 0 Å². The zero-order valence-electron chi connectivity index (χ0n) is 26.8. The maximum Gasteiger partial charge on any atom is 0.266 e. The maximum absolute atomic E-state index is 14.6. The first-order valence-electron chi connectivity index (χ1n) is 15.7. The number of nitrogens with zero attached hydrogens (tertiary/aromatic N) is 4. The van der Waals surface area contributed by atoms with Crippen LogP contribution in [-0.4, -0.2) is 49.3 Å². The molecule has 3 N–H and O–H groups in total. The number of hydrazine groups is 1. The van der Waals surface area contributed by atoms with E-state index < -0.39 is 17.6 Å². The van der Waals surface area contributed by atoms with Gasteiger partial charge < -0.3 is 19.3 Å². The largest absolute Gasteiger partial charge is 0.497 e. The van der Waals surface area contributed by atoms with Crippen molar-refractivity contribution in [3.8, 4) is 11.5 Å². The first kappa shape index (κ1) is 35.5. The molecule has 49 heavy (non-hydrogen) atoms. The Morgan fingerprint density at radius 3 is 2.47 bits per heavy atom. The quantitative estimate of drug-likeness (QED) is 0.0379. The molecular weight excluding hydrogens is 667 g/mol. The fourth-order valence-corrected chi connectivity index (χ4v) is 6.01. The average Bonchev–Trinajstić information content (AvgIpc) is 3.50. The van der Waals surface area contributed by atoms with Crippen molar-refractivity contribution in [1.29, 1.82) is 0 Å². The molecule has 0 bridgehead atoms. The fourth-order valence-electron chi connectivity index (χ4n) is 5.51. The van der Waals surface area contributed by atoms with Gasteiger partial charge >= 0.3 is 0 Å². The second kappa shape index (κ2) is 17.1. The number of hydrogen-bond acceptors (Lipinski definition) is 8. The van der Waals surface area contributed by atoms with Gasteiger partial charge in [0.2, 0.25) is 5.90 Å². The van der Waals surface area contributed by atoms with Gasteiger partial charge in [0.15, 0.2) is 11.6 Å². The standard InChI is InChI=1S/C36H36Cl2N6O5/c1-47-29-12-7-24(8-13-29)17-18-40-43-35(46)36(22-26-5-2-3-6-27(26)23-41-44-39)33(31-16-11-28(37)21-32(31)38)49-34(42-36)25-9-14-30(15-10-25)48-20-4-19-45/h2-3,5-16,21,33,40,45H,4,17-20,22-23H2,1H3,(H,43,46)/t33-,36-/m0/s1. The predicted molar refractivity (Wildman–Crippen MR) is 189 cm³/mol. The molecule has 4 aromatic carbocycles. The second-order valence-corrected chi connectivity index (χ2v) is 12.1. The van der Waals surface area contributed by atoms with Crippen molar-refractivity contribution < 1.29 is 24.1 Å². The molecular formula is C36H36Cl2N6O5. The summed E-state index contributed by atoms with van der Waals surface area (Å²) in [6, 6.07) is 27.3. The van der Waals surface area contributed by atoms with Gasteiger partial charge in [-0.3, -0.25) is 10.2 Å². The van der Waals surface area contributed by atoms with Crippen LogP contribution in [0, 0.1) is 0 Å². The van der Waals surface area contributed by atoms with E-state index in [1.165, 1.54) is 0 Å². The Morgan fingerprint density at radius 1 is 1.04 bits per heavy atom. The Hall–Kier alpha value is -4.77. The highest BCUT2D eigenvalue weighted by molar-refractivity contribution is 6.35. The van der Waals surface area contributed by atoms with Crippen LogP contribution >= 0.6 is 23.2 Å². The number of carbonyl (C=O) groups excluding carboxylic acids is 1. The lowest BCUT2D eigenvalue weighted by Crippen LogP contribution is -2.54. The van der Waals surface area contributed by atoms with Crippen molar-refractivity contribution >= 4 is 35.0 Å². The monoisotopic (exact) mass is 702 g/mol. The second-order valence-electron chi connectivity index (χ2n) is 11.3. The van der Waals surface area contributed by atoms with Crippen LogP contribution in [-0.2, 0) is 28.9 Å². The number of ether oxygens (including phenoxy) is 3. The summed E-state index contributed by atoms with van der Waals surface area (Å²) >= 11 is 13.1. The van der Waals surface area contributed by atoms with E-state index in [0.29, 0.717) is 52.9 Å². The number of amides is 1. The first-order chi connectivity index (χ1) is 23.9. The summed E-state index contributed by atoms with van der Waals surface area (Å²) in [6.45, 7) is 0.924. The summed E-state index contributed by atoms with van der Waals surface area (Å²) < 4.78 is 17.5. The van der Waals surface area contributed by atoms with Gasteiger partial charge in [-0.25, -0.2) is 10.4 Å². The lowest BCUT2D eigenvalue weighted by molar-refractivity contribution is -0.130. The fraction of sp³-hybridized carbons (Fsp3) is 0.278. The number of aliphatic imine (C=N–C) groups is 1. The van der Waals surface area contributed by atoms with E-state index in [1.54, 1.807) is 49.6 Å². The van der Waals surface area contributed by atoms with E-state index in [9.17, 15) is 4.79 Å². The number of halogens is 2. The van der Waals surface area contributed by atoms with Crippen molar-refractivity contribution in [2.45, 2.75) is 37.5 Å². The number of nitrogens with one attached hydrogen (secondary N) is 2. The van der Waals surface area contributed by atoms with Crippen molar-refractivity contribution in [2.24, 2.45) is 10.1 Å². The predicted octanol–water partition coefficient (Wildman–Crippen LogP) is 6.94. The molecule has 0 fully saturated rings. The smallest absolute Gasteiger partial charge is 0.266 e. The number of carbonyl (C=O) groups is 1. The minimum absolute atomic E-state index is 0.0316. The maximum atomic E-state index is 14.6. The summed E-state index contributed by atoms with van der Waals surface area (Å²) in [5.74, 6) is 1.16. The van der Waals surface area contributed by atoms with Crippen molar-refractivity contribution in [3.05, 3.63) is 139 Å². The molecule has 0 radical (unpaired) electrons. The Labute approximate surface area is 294 Å². The van der Waals surface area contributed by atoms with E-state index in [4.69, 9.17) is 53.0 Å². The van der Waals surface area contributed by atoms with Crippen molar-refractivity contribution in [3.63, 3.8) is 0 Å². The number of hydrogen-bond donors (Lipinski definition) is 3. The zero-order chi connectivity index (χ0) is 34.6. The molecule has 0 aromatic heterocycles. The van der Waals surface area contributed by atoms with Gasteiger partial charge in [0.1, 0.15) is 11.5 Å². The third-order valence-corrected chi connectivity index (χ3v) is 8.62. The van der Waals surface area contributed by atoms with E-state index in [0.717, 1.165) is 22.4 Å². The van der Waals surface area contributed by atoms with E-state index in [1.807, 2.05) is 48.5 Å². The molecule has 0 unspecified atom stereocenters. The average molecular weight is 704 g/mol. The number of benzene rings is 4. The molecule has 1 aliphatic heterocycles. The van der Waals surface area contributed by atoms with Gasteiger partial charge in [0.25, 0.3) is 5.91 Å². The molecule has 254 valence electrons. The van der Waals surface area contributed by atoms with Gasteiger partial charge in [-0.1, -0.05) is 70.8 Å². The molecule has 0 aliphatic carbocycles. The van der Waals surface area contributed by atoms with E-state index in [2.05, 4.69) is 20.9 Å². The first-order valence-corrected chi connectivity index (χ1v) is 16.4. The molecule has 0 saturated carbocycles. The highest BCUT2D eigenvalue weighted by atomic mass is 35.5. The Morgan fingerprint density at radius 2 is 1.78 bits per heavy atom. The topological polar surface area (TPSA) is 150 Å². The molecule has 1 aliphatic rings. The Bertz CT molecular complexity index is 1820. The molecule has 1 heterocycles. The highest BCUT2D eigenvalue weighted by Gasteiger charge is 2.54. The number of aliphatic hydroxyl groups is 1. The lowest BCUT2D eigenvalue weighted by Gasteiger charge is -2.32. The molecule has 0 saturated heterocycles. The van der Waals surface area contributed by atoms with E-state index in [-0.39, 0.29) is 25.5 Å². The van der Waals surface area contributed by atoms with Crippen LogP contribution in [0.4, 0.5) is 0 Å². The molecule has 5 rings (SSSR count). The molecule has 4 aromatic rings. The summed E-state index contributed by atoms with van der Waals surface area (Å²) in [5.41, 5.74) is 17.1. The van der Waals surface area contributed by atoms with Crippen LogP contribution in [0.3, 0.4) is 0 Å². The van der Waals surface area contributed by atoms with E-state index >= 15 is 0 Å². The molecule has 1 amide bonds. The van der Waals surface area contributed by atoms with Crippen molar-refractivity contribution in [1.82, 2.24) is 10.9 Å². The summed E-state index contributed by atoms with van der Waals surface area (Å²) in [5, 5.41) is 13.6. The molecule has 0 spiro atoms. The van der Waals surface area contributed by atoms with Gasteiger partial charge in [0, 0.05) is 52.1 Å². The van der Waals surface area contributed by atoms with Crippen LogP contribution in [0.25, 0.3) is 10.4 Å². The molecule has 13 heteroatoms. The van der Waals surface area contributed by atoms with Crippen molar-refractivity contribution in [2.75, 3.05) is 26.9 Å². The number of azide groups is 1. The van der Waals surface area contributed by atoms with Gasteiger partial charge in [0.05, 0.1) is 20.3 Å². The molecule has 11 nitrogen and oxygen atoms in total. The Kier molecular flexibility index (Phi) is 12.4. The minimum Gasteiger partial charge on any atom is -0.497 e. The van der Waals surface area contributed by atoms with Crippen LogP contribution < -0.4 is 20.3 Å². The van der Waals surface area contributed by atoms with Crippen LogP contribution in [0.2, 0.25) is 10.0 Å². The summed E-state index contributed by atoms with van der Waals surface area (Å²) in [7, 11) is 1.62. The van der Waals surface area contributed by atoms with Crippen LogP contribution in [0.1, 0.15) is 40.3 Å². The normalized spacial score (nSPS) is 16.7.